The average Bonchev–Trinajstić information content (AvgIpc) is 2.47. The predicted octanol–water partition coefficient (Wildman–Crippen LogP) is 2.94. The Balaban J connectivity index is 2.15. The van der Waals surface area contributed by atoms with Gasteiger partial charge < -0.3 is 15.7 Å². The zero-order valence-corrected chi connectivity index (χ0v) is 11.2. The first kappa shape index (κ1) is 13.3. The maximum absolute atomic E-state index is 8.59. The first-order valence-electron chi connectivity index (χ1n) is 5.63. The molecule has 0 aromatic heterocycles. The lowest BCUT2D eigenvalue weighted by atomic mass is 10.2. The van der Waals surface area contributed by atoms with E-state index in [-0.39, 0.29) is 5.84 Å². The lowest BCUT2D eigenvalue weighted by molar-refractivity contribution is 0.318. The maximum Gasteiger partial charge on any atom is 0.170 e. The number of nitrogens with zero attached hydrogens (tertiary/aromatic N) is 1. The molecule has 4 nitrogen and oxygen atoms in total. The molecule has 0 radical (unpaired) electrons. The molecule has 0 aliphatic carbocycles. The molecule has 0 fully saturated rings. The fourth-order valence-corrected chi connectivity index (χ4v) is 2.42. The van der Waals surface area contributed by atoms with E-state index in [1.807, 2.05) is 48.5 Å². The van der Waals surface area contributed by atoms with Gasteiger partial charge in [0.1, 0.15) is 5.75 Å². The van der Waals surface area contributed by atoms with Crippen molar-refractivity contribution in [2.45, 2.75) is 9.79 Å². The molecule has 0 bridgehead atoms. The zero-order valence-electron chi connectivity index (χ0n) is 10.4. The lowest BCUT2D eigenvalue weighted by Crippen LogP contribution is -2.12. The molecular weight excluding hydrogens is 260 g/mol. The van der Waals surface area contributed by atoms with Crippen LogP contribution in [-0.2, 0) is 0 Å². The highest BCUT2D eigenvalue weighted by Crippen LogP contribution is 2.29. The summed E-state index contributed by atoms with van der Waals surface area (Å²) >= 11 is 1.62. The smallest absolute Gasteiger partial charge is 0.170 e. The van der Waals surface area contributed by atoms with Crippen LogP contribution in [0.5, 0.6) is 5.75 Å². The normalized spacial score (nSPS) is 11.3. The van der Waals surface area contributed by atoms with Gasteiger partial charge >= 0.3 is 0 Å². The Kier molecular flexibility index (Phi) is 4.30. The zero-order chi connectivity index (χ0) is 13.7. The lowest BCUT2D eigenvalue weighted by Gasteiger charge is -2.05. The van der Waals surface area contributed by atoms with E-state index < -0.39 is 0 Å². The van der Waals surface area contributed by atoms with Gasteiger partial charge in [-0.1, -0.05) is 35.1 Å². The van der Waals surface area contributed by atoms with E-state index in [0.29, 0.717) is 5.56 Å². The third kappa shape index (κ3) is 3.42. The molecule has 0 amide bonds. The summed E-state index contributed by atoms with van der Waals surface area (Å²) in [6, 6.07) is 15.3. The van der Waals surface area contributed by atoms with E-state index in [4.69, 9.17) is 15.7 Å². The quantitative estimate of drug-likeness (QED) is 0.389. The Morgan fingerprint density at radius 3 is 2.53 bits per heavy atom. The van der Waals surface area contributed by atoms with Crippen molar-refractivity contribution in [1.82, 2.24) is 0 Å². The van der Waals surface area contributed by atoms with Crippen molar-refractivity contribution in [2.75, 3.05) is 7.11 Å². The Hall–Kier alpha value is -2.14. The van der Waals surface area contributed by atoms with Crippen LogP contribution in [0.15, 0.2) is 63.5 Å². The van der Waals surface area contributed by atoms with E-state index >= 15 is 0 Å². The van der Waals surface area contributed by atoms with Crippen molar-refractivity contribution < 1.29 is 9.94 Å². The number of amidine groups is 1. The van der Waals surface area contributed by atoms with Gasteiger partial charge in [0.2, 0.25) is 0 Å². The van der Waals surface area contributed by atoms with E-state index in [2.05, 4.69) is 5.16 Å². The van der Waals surface area contributed by atoms with Gasteiger partial charge in [-0.15, -0.1) is 0 Å². The number of nitrogens with two attached hydrogens (primary N) is 1. The summed E-state index contributed by atoms with van der Waals surface area (Å²) in [5.74, 6) is 0.941. The summed E-state index contributed by atoms with van der Waals surface area (Å²) in [4.78, 5) is 2.17. The van der Waals surface area contributed by atoms with E-state index in [9.17, 15) is 0 Å². The van der Waals surface area contributed by atoms with Gasteiger partial charge in [-0.05, 0) is 30.3 Å². The molecule has 2 aromatic rings. The molecule has 2 rings (SSSR count). The van der Waals surface area contributed by atoms with Crippen LogP contribution in [0.25, 0.3) is 0 Å². The van der Waals surface area contributed by atoms with Crippen molar-refractivity contribution in [3.8, 4) is 5.75 Å². The van der Waals surface area contributed by atoms with Crippen molar-refractivity contribution in [1.29, 1.82) is 0 Å². The van der Waals surface area contributed by atoms with Crippen LogP contribution < -0.4 is 10.5 Å². The van der Waals surface area contributed by atoms with E-state index in [1.54, 1.807) is 18.9 Å². The third-order valence-corrected chi connectivity index (χ3v) is 3.53. The number of hydrogen-bond acceptors (Lipinski definition) is 4. The summed E-state index contributed by atoms with van der Waals surface area (Å²) in [5.41, 5.74) is 6.20. The van der Waals surface area contributed by atoms with Crippen LogP contribution >= 0.6 is 11.8 Å². The van der Waals surface area contributed by atoms with Crippen molar-refractivity contribution in [3.63, 3.8) is 0 Å². The molecule has 2 aromatic carbocycles. The molecule has 0 aliphatic heterocycles. The molecule has 0 atom stereocenters. The summed E-state index contributed by atoms with van der Waals surface area (Å²) in [5, 5.41) is 11.6. The number of methoxy groups -OCH3 is 1. The van der Waals surface area contributed by atoms with Crippen LogP contribution in [-0.4, -0.2) is 18.2 Å². The Morgan fingerprint density at radius 1 is 1.16 bits per heavy atom. The topological polar surface area (TPSA) is 67.8 Å². The van der Waals surface area contributed by atoms with E-state index in [0.717, 1.165) is 15.5 Å². The molecule has 0 spiro atoms. The van der Waals surface area contributed by atoms with Gasteiger partial charge in [0.05, 0.1) is 7.11 Å². The van der Waals surface area contributed by atoms with Gasteiger partial charge in [0, 0.05) is 15.4 Å². The minimum atomic E-state index is 0.109. The van der Waals surface area contributed by atoms with Gasteiger partial charge in [-0.3, -0.25) is 0 Å². The van der Waals surface area contributed by atoms with Crippen LogP contribution in [0.1, 0.15) is 5.56 Å². The first-order chi connectivity index (χ1) is 9.22. The van der Waals surface area contributed by atoms with Crippen molar-refractivity contribution in [2.24, 2.45) is 10.9 Å². The third-order valence-electron chi connectivity index (χ3n) is 2.53. The maximum atomic E-state index is 8.59. The van der Waals surface area contributed by atoms with Crippen molar-refractivity contribution >= 4 is 17.6 Å². The second-order valence-corrected chi connectivity index (χ2v) is 4.94. The molecule has 0 saturated heterocycles. The molecule has 19 heavy (non-hydrogen) atoms. The Bertz CT molecular complexity index is 582. The van der Waals surface area contributed by atoms with Gasteiger partial charge in [0.25, 0.3) is 0 Å². The summed E-state index contributed by atoms with van der Waals surface area (Å²) in [6.45, 7) is 0. The number of benzene rings is 2. The average molecular weight is 274 g/mol. The fourth-order valence-electron chi connectivity index (χ4n) is 1.55. The predicted molar refractivity (Wildman–Crippen MR) is 76.1 cm³/mol. The van der Waals surface area contributed by atoms with Gasteiger partial charge in [-0.25, -0.2) is 0 Å². The first-order valence-corrected chi connectivity index (χ1v) is 6.44. The summed E-state index contributed by atoms with van der Waals surface area (Å²) in [7, 11) is 1.65. The molecule has 0 saturated carbocycles. The van der Waals surface area contributed by atoms with Crippen LogP contribution in [0.2, 0.25) is 0 Å². The molecule has 98 valence electrons. The highest BCUT2D eigenvalue weighted by molar-refractivity contribution is 7.99. The number of oxime groups is 1. The highest BCUT2D eigenvalue weighted by Gasteiger charge is 2.02. The molecule has 0 heterocycles. The largest absolute Gasteiger partial charge is 0.497 e. The Morgan fingerprint density at radius 2 is 1.89 bits per heavy atom. The molecule has 3 N–H and O–H groups in total. The SMILES string of the molecule is COc1cccc(Sc2ccc(/C(N)=N/O)cc2)c1. The van der Waals surface area contributed by atoms with Gasteiger partial charge in [0.15, 0.2) is 5.84 Å². The van der Waals surface area contributed by atoms with Gasteiger partial charge in [-0.2, -0.15) is 0 Å². The Labute approximate surface area is 115 Å². The number of ether oxygens (including phenoxy) is 1. The fraction of sp³-hybridized carbons (Fsp3) is 0.0714. The second kappa shape index (κ2) is 6.15. The summed E-state index contributed by atoms with van der Waals surface area (Å²) in [6.07, 6.45) is 0. The monoisotopic (exact) mass is 274 g/mol. The van der Waals surface area contributed by atoms with Crippen LogP contribution in [0.4, 0.5) is 0 Å². The highest BCUT2D eigenvalue weighted by atomic mass is 32.2. The van der Waals surface area contributed by atoms with E-state index in [1.165, 1.54) is 0 Å². The molecule has 5 heteroatoms. The standard InChI is InChI=1S/C14H14N2O2S/c1-18-11-3-2-4-13(9-11)19-12-7-5-10(6-8-12)14(15)16-17/h2-9,17H,1H3,(H2,15,16). The number of rotatable bonds is 4. The minimum absolute atomic E-state index is 0.109. The molecular formula is C14H14N2O2S. The van der Waals surface area contributed by atoms with Crippen LogP contribution in [0, 0.1) is 0 Å². The van der Waals surface area contributed by atoms with Crippen molar-refractivity contribution in [3.05, 3.63) is 54.1 Å². The molecule has 0 unspecified atom stereocenters. The minimum Gasteiger partial charge on any atom is -0.497 e. The summed E-state index contributed by atoms with van der Waals surface area (Å²) < 4.78 is 5.18. The van der Waals surface area contributed by atoms with Crippen LogP contribution in [0.3, 0.4) is 0 Å². The molecule has 0 aliphatic rings. The second-order valence-electron chi connectivity index (χ2n) is 3.79. The number of hydrogen-bond donors (Lipinski definition) is 2.